The number of aromatic hydroxyl groups is 1. The Bertz CT molecular complexity index is 308. The third-order valence-corrected chi connectivity index (χ3v) is 1.91. The van der Waals surface area contributed by atoms with Crippen LogP contribution in [0, 0.1) is 0 Å². The summed E-state index contributed by atoms with van der Waals surface area (Å²) >= 11 is 0. The molecule has 0 spiro atoms. The Labute approximate surface area is 84.7 Å². The lowest BCUT2D eigenvalue weighted by atomic mass is 10.2. The highest BCUT2D eigenvalue weighted by Crippen LogP contribution is 2.12. The first kappa shape index (κ1) is 10.7. The van der Waals surface area contributed by atoms with E-state index in [4.69, 9.17) is 0 Å². The van der Waals surface area contributed by atoms with Crippen molar-refractivity contribution in [1.29, 1.82) is 0 Å². The van der Waals surface area contributed by atoms with E-state index in [1.165, 1.54) is 4.90 Å². The van der Waals surface area contributed by atoms with Crippen molar-refractivity contribution < 1.29 is 10.0 Å². The molecular weight excluding hydrogens is 176 g/mol. The molecule has 0 aliphatic rings. The van der Waals surface area contributed by atoms with E-state index in [-0.39, 0.29) is 5.75 Å². The van der Waals surface area contributed by atoms with Crippen molar-refractivity contribution in [3.8, 4) is 5.75 Å². The predicted molar refractivity (Wildman–Crippen MR) is 58.2 cm³/mol. The molecule has 3 heteroatoms. The van der Waals surface area contributed by atoms with Gasteiger partial charge in [0, 0.05) is 11.8 Å². The molecule has 1 aromatic carbocycles. The van der Waals surface area contributed by atoms with E-state index in [1.54, 1.807) is 18.3 Å². The van der Waals surface area contributed by atoms with Crippen LogP contribution in [0.1, 0.15) is 5.56 Å². The van der Waals surface area contributed by atoms with Crippen molar-refractivity contribution in [1.82, 2.24) is 0 Å². The summed E-state index contributed by atoms with van der Waals surface area (Å²) in [5, 5.41) is 9.42. The van der Waals surface area contributed by atoms with E-state index < -0.39 is 0 Å². The second kappa shape index (κ2) is 5.40. The van der Waals surface area contributed by atoms with Crippen LogP contribution in [0.2, 0.25) is 0 Å². The number of phenols is 1. The van der Waals surface area contributed by atoms with Gasteiger partial charge in [-0.25, -0.2) is 0 Å². The molecule has 76 valence electrons. The molecule has 0 fully saturated rings. The number of benzene rings is 1. The van der Waals surface area contributed by atoms with Crippen LogP contribution >= 0.6 is 0 Å². The number of quaternary nitrogens is 1. The van der Waals surface area contributed by atoms with Gasteiger partial charge in [0.05, 0.1) is 27.2 Å². The summed E-state index contributed by atoms with van der Waals surface area (Å²) in [5.74, 6) is 0.286. The summed E-state index contributed by atoms with van der Waals surface area (Å²) < 4.78 is 0. The zero-order valence-electron chi connectivity index (χ0n) is 8.70. The maximum atomic E-state index is 9.42. The summed E-state index contributed by atoms with van der Waals surface area (Å²) in [7, 11) is 4.19. The first-order valence-corrected chi connectivity index (χ1v) is 4.77. The van der Waals surface area contributed by atoms with Crippen molar-refractivity contribution in [2.45, 2.75) is 0 Å². The number of nitrogens with zero attached hydrogens (tertiary/aromatic N) is 1. The molecule has 0 atom stereocenters. The number of likely N-dealkylation sites (N-methyl/N-ethyl adjacent to an activating group) is 1. The third-order valence-electron chi connectivity index (χ3n) is 1.91. The van der Waals surface area contributed by atoms with E-state index in [0.717, 1.165) is 18.7 Å². The largest absolute Gasteiger partial charge is 0.507 e. The van der Waals surface area contributed by atoms with Gasteiger partial charge < -0.3 is 10.0 Å². The van der Waals surface area contributed by atoms with E-state index in [9.17, 15) is 5.11 Å². The normalized spacial score (nSPS) is 11.4. The molecule has 0 bridgehead atoms. The molecule has 0 unspecified atom stereocenters. The minimum absolute atomic E-state index is 0.286. The van der Waals surface area contributed by atoms with Gasteiger partial charge >= 0.3 is 0 Å². The lowest BCUT2D eigenvalue weighted by Crippen LogP contribution is -3.06. The van der Waals surface area contributed by atoms with Crippen LogP contribution in [0.15, 0.2) is 29.3 Å². The monoisotopic (exact) mass is 193 g/mol. The molecule has 14 heavy (non-hydrogen) atoms. The zero-order chi connectivity index (χ0) is 10.4. The van der Waals surface area contributed by atoms with Crippen LogP contribution in [0.25, 0.3) is 0 Å². The molecule has 0 amide bonds. The van der Waals surface area contributed by atoms with Gasteiger partial charge in [-0.15, -0.1) is 0 Å². The highest BCUT2D eigenvalue weighted by atomic mass is 16.3. The minimum atomic E-state index is 0.286. The maximum Gasteiger partial charge on any atom is 0.124 e. The summed E-state index contributed by atoms with van der Waals surface area (Å²) in [6, 6.07) is 7.20. The number of aliphatic imine (C=N–C) groups is 1. The van der Waals surface area contributed by atoms with Gasteiger partial charge in [0.15, 0.2) is 0 Å². The average Bonchev–Trinajstić information content (AvgIpc) is 2.15. The first-order valence-electron chi connectivity index (χ1n) is 4.77. The zero-order valence-corrected chi connectivity index (χ0v) is 8.70. The number of hydrogen-bond donors (Lipinski definition) is 2. The van der Waals surface area contributed by atoms with Gasteiger partial charge in [-0.2, -0.15) is 0 Å². The van der Waals surface area contributed by atoms with E-state index in [1.807, 2.05) is 12.1 Å². The maximum absolute atomic E-state index is 9.42. The highest BCUT2D eigenvalue weighted by Gasteiger charge is 1.94. The Morgan fingerprint density at radius 2 is 2.07 bits per heavy atom. The summed E-state index contributed by atoms with van der Waals surface area (Å²) in [5.41, 5.74) is 0.779. The van der Waals surface area contributed by atoms with E-state index in [2.05, 4.69) is 19.1 Å². The molecule has 1 rings (SSSR count). The van der Waals surface area contributed by atoms with Gasteiger partial charge in [-0.3, -0.25) is 4.99 Å². The Kier molecular flexibility index (Phi) is 4.13. The lowest BCUT2D eigenvalue weighted by Gasteiger charge is -2.03. The van der Waals surface area contributed by atoms with E-state index in [0.29, 0.717) is 0 Å². The number of hydrogen-bond acceptors (Lipinski definition) is 2. The Morgan fingerprint density at radius 1 is 1.36 bits per heavy atom. The molecule has 0 aliphatic heterocycles. The fourth-order valence-corrected chi connectivity index (χ4v) is 1.05. The van der Waals surface area contributed by atoms with Crippen LogP contribution in [0.4, 0.5) is 0 Å². The predicted octanol–water partition coefficient (Wildman–Crippen LogP) is -0.0444. The van der Waals surface area contributed by atoms with Crippen molar-refractivity contribution in [2.24, 2.45) is 4.99 Å². The Balaban J connectivity index is 2.48. The number of para-hydroxylation sites is 1. The quantitative estimate of drug-likeness (QED) is 0.647. The van der Waals surface area contributed by atoms with Crippen LogP contribution in [-0.2, 0) is 0 Å². The van der Waals surface area contributed by atoms with E-state index >= 15 is 0 Å². The molecule has 0 saturated carbocycles. The third kappa shape index (κ3) is 3.58. The minimum Gasteiger partial charge on any atom is -0.507 e. The van der Waals surface area contributed by atoms with Gasteiger partial charge in [0.2, 0.25) is 0 Å². The van der Waals surface area contributed by atoms with Crippen molar-refractivity contribution in [3.63, 3.8) is 0 Å². The standard InChI is InChI=1S/C11H16N2O/c1-13(2)8-7-12-9-10-5-3-4-6-11(10)14/h3-6,9,14H,7-8H2,1-2H3/p+1. The fraction of sp³-hybridized carbons (Fsp3) is 0.364. The molecule has 3 nitrogen and oxygen atoms in total. The van der Waals surface area contributed by atoms with Crippen molar-refractivity contribution in [2.75, 3.05) is 27.2 Å². The second-order valence-corrected chi connectivity index (χ2v) is 3.55. The van der Waals surface area contributed by atoms with Gasteiger partial charge in [-0.1, -0.05) is 12.1 Å². The summed E-state index contributed by atoms with van der Waals surface area (Å²) in [6.07, 6.45) is 1.72. The van der Waals surface area contributed by atoms with Crippen LogP contribution in [0.3, 0.4) is 0 Å². The smallest absolute Gasteiger partial charge is 0.124 e. The molecule has 0 saturated heterocycles. The van der Waals surface area contributed by atoms with Gasteiger partial charge in [0.25, 0.3) is 0 Å². The Morgan fingerprint density at radius 3 is 2.71 bits per heavy atom. The highest BCUT2D eigenvalue weighted by molar-refractivity contribution is 5.83. The topological polar surface area (TPSA) is 37.0 Å². The average molecular weight is 193 g/mol. The summed E-state index contributed by atoms with van der Waals surface area (Å²) in [4.78, 5) is 5.61. The summed E-state index contributed by atoms with van der Waals surface area (Å²) in [6.45, 7) is 1.79. The molecule has 0 aliphatic carbocycles. The fourth-order valence-electron chi connectivity index (χ4n) is 1.05. The number of nitrogens with one attached hydrogen (secondary N) is 1. The number of phenolic OH excluding ortho intramolecular Hbond substituents is 1. The molecular formula is C11H17N2O+. The molecule has 0 radical (unpaired) electrons. The lowest BCUT2D eigenvalue weighted by molar-refractivity contribution is -0.856. The van der Waals surface area contributed by atoms with Crippen LogP contribution in [-0.4, -0.2) is 38.5 Å². The number of rotatable bonds is 4. The SMILES string of the molecule is C[NH+](C)CCN=Cc1ccccc1O. The molecule has 1 aromatic rings. The first-order chi connectivity index (χ1) is 6.70. The van der Waals surface area contributed by atoms with Crippen molar-refractivity contribution in [3.05, 3.63) is 29.8 Å². The van der Waals surface area contributed by atoms with Gasteiger partial charge in [0.1, 0.15) is 5.75 Å². The van der Waals surface area contributed by atoms with Crippen LogP contribution in [0.5, 0.6) is 5.75 Å². The molecule has 0 heterocycles. The molecule has 0 aromatic heterocycles. The second-order valence-electron chi connectivity index (χ2n) is 3.55. The van der Waals surface area contributed by atoms with Gasteiger partial charge in [-0.05, 0) is 12.1 Å². The van der Waals surface area contributed by atoms with Crippen LogP contribution < -0.4 is 4.90 Å². The van der Waals surface area contributed by atoms with Crippen molar-refractivity contribution >= 4 is 6.21 Å². The Hall–Kier alpha value is -1.35. The molecule has 2 N–H and O–H groups in total.